The number of carbonyl (C=O) groups excluding carboxylic acids is 1. The van der Waals surface area contributed by atoms with Gasteiger partial charge in [0.25, 0.3) is 0 Å². The second kappa shape index (κ2) is 5.98. The normalized spacial score (nSPS) is 14.2. The Balaban J connectivity index is 2.36. The standard InChI is InChI=1S/C17H21BrOS2/c1-11(17(4,5)14-8-9-15(18)21-14)16(2,3)13-7-6-12(10-19)20-13/h6-11H,1-5H3. The van der Waals surface area contributed by atoms with Crippen LogP contribution in [0.25, 0.3) is 0 Å². The molecule has 4 heteroatoms. The summed E-state index contributed by atoms with van der Waals surface area (Å²) in [5, 5.41) is 0. The summed E-state index contributed by atoms with van der Waals surface area (Å²) in [7, 11) is 0. The van der Waals surface area contributed by atoms with Crippen molar-refractivity contribution in [2.45, 2.75) is 45.4 Å². The maximum atomic E-state index is 10.9. The second-order valence-corrected chi connectivity index (χ2v) is 10.2. The van der Waals surface area contributed by atoms with Crippen molar-refractivity contribution in [3.8, 4) is 0 Å². The van der Waals surface area contributed by atoms with E-state index in [9.17, 15) is 4.79 Å². The lowest BCUT2D eigenvalue weighted by Crippen LogP contribution is -2.39. The molecule has 0 bridgehead atoms. The maximum Gasteiger partial charge on any atom is 0.160 e. The lowest BCUT2D eigenvalue weighted by Gasteiger charge is -2.42. The Hall–Kier alpha value is -0.450. The van der Waals surface area contributed by atoms with Crippen LogP contribution in [0, 0.1) is 5.92 Å². The highest BCUT2D eigenvalue weighted by atomic mass is 79.9. The number of hydrogen-bond acceptors (Lipinski definition) is 3. The van der Waals surface area contributed by atoms with E-state index in [0.29, 0.717) is 5.92 Å². The van der Waals surface area contributed by atoms with E-state index >= 15 is 0 Å². The molecular formula is C17H21BrOS2. The minimum absolute atomic E-state index is 0.0197. The Bertz CT molecular complexity index is 637. The van der Waals surface area contributed by atoms with Crippen molar-refractivity contribution in [1.29, 1.82) is 0 Å². The SMILES string of the molecule is CC(C(C)(C)c1ccc(Br)s1)C(C)(C)c1ccc(C=O)s1. The minimum atomic E-state index is 0.0197. The predicted octanol–water partition coefficient (Wildman–Crippen LogP) is 6.28. The highest BCUT2D eigenvalue weighted by molar-refractivity contribution is 9.11. The monoisotopic (exact) mass is 384 g/mol. The van der Waals surface area contributed by atoms with Gasteiger partial charge in [-0.2, -0.15) is 0 Å². The average Bonchev–Trinajstić information content (AvgIpc) is 3.06. The van der Waals surface area contributed by atoms with Crippen LogP contribution in [-0.4, -0.2) is 6.29 Å². The fraction of sp³-hybridized carbons (Fsp3) is 0.471. The van der Waals surface area contributed by atoms with E-state index < -0.39 is 0 Å². The maximum absolute atomic E-state index is 10.9. The van der Waals surface area contributed by atoms with Crippen molar-refractivity contribution in [2.24, 2.45) is 5.92 Å². The van der Waals surface area contributed by atoms with Gasteiger partial charge >= 0.3 is 0 Å². The smallest absolute Gasteiger partial charge is 0.160 e. The zero-order valence-electron chi connectivity index (χ0n) is 13.1. The molecule has 2 aromatic heterocycles. The summed E-state index contributed by atoms with van der Waals surface area (Å²) in [6.45, 7) is 11.5. The first kappa shape index (κ1) is 16.9. The zero-order valence-corrected chi connectivity index (χ0v) is 16.3. The fourth-order valence-corrected chi connectivity index (χ4v) is 5.34. The van der Waals surface area contributed by atoms with E-state index in [1.807, 2.05) is 17.4 Å². The van der Waals surface area contributed by atoms with Crippen molar-refractivity contribution in [2.75, 3.05) is 0 Å². The number of halogens is 1. The summed E-state index contributed by atoms with van der Waals surface area (Å²) in [4.78, 5) is 14.4. The van der Waals surface area contributed by atoms with Crippen LogP contribution in [0.2, 0.25) is 0 Å². The topological polar surface area (TPSA) is 17.1 Å². The summed E-state index contributed by atoms with van der Waals surface area (Å²) in [6, 6.07) is 8.37. The van der Waals surface area contributed by atoms with Gasteiger partial charge in [-0.3, -0.25) is 4.79 Å². The van der Waals surface area contributed by atoms with Crippen LogP contribution in [0.1, 0.15) is 54.0 Å². The Morgan fingerprint density at radius 3 is 1.95 bits per heavy atom. The number of aldehydes is 1. The molecule has 0 fully saturated rings. The molecule has 21 heavy (non-hydrogen) atoms. The van der Waals surface area contributed by atoms with Crippen LogP contribution in [0.5, 0.6) is 0 Å². The van der Waals surface area contributed by atoms with Crippen molar-refractivity contribution in [3.05, 3.63) is 42.7 Å². The van der Waals surface area contributed by atoms with Gasteiger partial charge in [-0.15, -0.1) is 22.7 Å². The molecule has 0 aliphatic heterocycles. The quantitative estimate of drug-likeness (QED) is 0.554. The molecule has 0 aliphatic rings. The summed E-state index contributed by atoms with van der Waals surface area (Å²) < 4.78 is 1.18. The van der Waals surface area contributed by atoms with Crippen LogP contribution in [0.3, 0.4) is 0 Å². The summed E-state index contributed by atoms with van der Waals surface area (Å²) in [5.74, 6) is 0.439. The van der Waals surface area contributed by atoms with Gasteiger partial charge in [-0.1, -0.05) is 34.6 Å². The van der Waals surface area contributed by atoms with E-state index in [1.165, 1.54) is 13.5 Å². The molecule has 0 saturated carbocycles. The molecule has 1 atom stereocenters. The van der Waals surface area contributed by atoms with Gasteiger partial charge in [-0.05, 0) is 46.1 Å². The first-order valence-electron chi connectivity index (χ1n) is 7.01. The zero-order chi connectivity index (χ0) is 15.8. The molecule has 2 rings (SSSR count). The van der Waals surface area contributed by atoms with Crippen LogP contribution in [0.15, 0.2) is 28.1 Å². The van der Waals surface area contributed by atoms with Gasteiger partial charge in [0.05, 0.1) is 8.66 Å². The number of thiophene rings is 2. The summed E-state index contributed by atoms with van der Waals surface area (Å²) in [5.41, 5.74) is 0.0947. The average molecular weight is 385 g/mol. The third-order valence-corrected chi connectivity index (χ3v) is 8.06. The first-order valence-corrected chi connectivity index (χ1v) is 9.43. The van der Waals surface area contributed by atoms with Gasteiger partial charge in [0.2, 0.25) is 0 Å². The third-order valence-electron chi connectivity index (χ3n) is 4.75. The third kappa shape index (κ3) is 3.17. The fourth-order valence-electron chi connectivity index (χ4n) is 2.75. The van der Waals surface area contributed by atoms with E-state index in [0.717, 1.165) is 11.2 Å². The molecule has 0 spiro atoms. The van der Waals surface area contributed by atoms with Crippen molar-refractivity contribution >= 4 is 44.9 Å². The Labute approximate surface area is 143 Å². The van der Waals surface area contributed by atoms with Gasteiger partial charge < -0.3 is 0 Å². The second-order valence-electron chi connectivity index (χ2n) is 6.59. The molecule has 2 heterocycles. The van der Waals surface area contributed by atoms with Crippen molar-refractivity contribution in [3.63, 3.8) is 0 Å². The summed E-state index contributed by atoms with van der Waals surface area (Å²) >= 11 is 6.98. The van der Waals surface area contributed by atoms with Crippen LogP contribution in [-0.2, 0) is 10.8 Å². The molecule has 0 aliphatic carbocycles. The largest absolute Gasteiger partial charge is 0.297 e. The number of hydrogen-bond donors (Lipinski definition) is 0. The van der Waals surface area contributed by atoms with Gasteiger partial charge in [0.1, 0.15) is 0 Å². The van der Waals surface area contributed by atoms with Crippen molar-refractivity contribution < 1.29 is 4.79 Å². The molecule has 1 unspecified atom stereocenters. The molecule has 2 aromatic rings. The lowest BCUT2D eigenvalue weighted by atomic mass is 9.64. The number of carbonyl (C=O) groups is 1. The molecular weight excluding hydrogens is 364 g/mol. The molecule has 1 nitrogen and oxygen atoms in total. The lowest BCUT2D eigenvalue weighted by molar-refractivity contribution is 0.112. The van der Waals surface area contributed by atoms with E-state index in [4.69, 9.17) is 0 Å². The minimum Gasteiger partial charge on any atom is -0.297 e. The molecule has 114 valence electrons. The molecule has 0 N–H and O–H groups in total. The molecule has 0 amide bonds. The van der Waals surface area contributed by atoms with E-state index in [2.05, 4.69) is 68.7 Å². The van der Waals surface area contributed by atoms with Crippen LogP contribution < -0.4 is 0 Å². The Morgan fingerprint density at radius 2 is 1.52 bits per heavy atom. The van der Waals surface area contributed by atoms with Crippen LogP contribution in [0.4, 0.5) is 0 Å². The van der Waals surface area contributed by atoms with Gasteiger partial charge in [-0.25, -0.2) is 0 Å². The first-order chi connectivity index (χ1) is 9.69. The van der Waals surface area contributed by atoms with Gasteiger partial charge in [0.15, 0.2) is 6.29 Å². The predicted molar refractivity (Wildman–Crippen MR) is 96.9 cm³/mol. The Morgan fingerprint density at radius 1 is 1.00 bits per heavy atom. The van der Waals surface area contributed by atoms with E-state index in [-0.39, 0.29) is 10.8 Å². The van der Waals surface area contributed by atoms with Crippen molar-refractivity contribution in [1.82, 2.24) is 0 Å². The highest BCUT2D eigenvalue weighted by Crippen LogP contribution is 2.47. The molecule has 0 radical (unpaired) electrons. The summed E-state index contributed by atoms with van der Waals surface area (Å²) in [6.07, 6.45) is 0.941. The molecule has 0 saturated heterocycles. The van der Waals surface area contributed by atoms with E-state index in [1.54, 1.807) is 11.3 Å². The Kier molecular flexibility index (Phi) is 4.81. The highest BCUT2D eigenvalue weighted by Gasteiger charge is 2.41. The number of rotatable bonds is 5. The van der Waals surface area contributed by atoms with Crippen LogP contribution >= 0.6 is 38.6 Å². The van der Waals surface area contributed by atoms with Gasteiger partial charge in [0, 0.05) is 20.6 Å². The molecule has 0 aromatic carbocycles.